The molecule has 1 aromatic carbocycles. The summed E-state index contributed by atoms with van der Waals surface area (Å²) >= 11 is 5.60. The number of hydrogen-bond donors (Lipinski definition) is 0. The highest BCUT2D eigenvalue weighted by Crippen LogP contribution is 2.29. The zero-order valence-electron chi connectivity index (χ0n) is 9.84. The first-order valence-electron chi connectivity index (χ1n) is 5.94. The van der Waals surface area contributed by atoms with Crippen molar-refractivity contribution in [1.82, 2.24) is 0 Å². The Morgan fingerprint density at radius 3 is 2.11 bits per heavy atom. The van der Waals surface area contributed by atoms with Crippen molar-refractivity contribution in [2.24, 2.45) is 0 Å². The third kappa shape index (κ3) is 1.93. The molecule has 0 bridgehead atoms. The molecule has 0 nitrogen and oxygen atoms in total. The van der Waals surface area contributed by atoms with Gasteiger partial charge in [-0.1, -0.05) is 85.0 Å². The van der Waals surface area contributed by atoms with E-state index in [1.165, 1.54) is 11.1 Å². The predicted molar refractivity (Wildman–Crippen MR) is 80.3 cm³/mol. The van der Waals surface area contributed by atoms with Crippen molar-refractivity contribution in [2.75, 3.05) is 0 Å². The number of fused-ring (bicyclic) bond motifs is 1. The van der Waals surface area contributed by atoms with Gasteiger partial charge in [-0.15, -0.1) is 0 Å². The highest BCUT2D eigenvalue weighted by atomic mass is 32.1. The SMILES string of the molecule is S=C(c1ccccc1)c1ccc2cccccc1-2. The molecule has 0 fully saturated rings. The average Bonchev–Trinajstić information content (AvgIpc) is 2.68. The molecule has 0 aromatic heterocycles. The first-order valence-corrected chi connectivity index (χ1v) is 6.34. The minimum atomic E-state index is 0.914. The monoisotopic (exact) mass is 248 g/mol. The van der Waals surface area contributed by atoms with E-state index in [9.17, 15) is 0 Å². The Morgan fingerprint density at radius 2 is 1.33 bits per heavy atom. The van der Waals surface area contributed by atoms with Crippen LogP contribution in [0.3, 0.4) is 0 Å². The minimum Gasteiger partial charge on any atom is -0.0788 e. The molecule has 86 valence electrons. The van der Waals surface area contributed by atoms with Gasteiger partial charge in [0.15, 0.2) is 0 Å². The maximum Gasteiger partial charge on any atom is 0.0528 e. The number of benzene rings is 1. The predicted octanol–water partition coefficient (Wildman–Crippen LogP) is 4.56. The Balaban J connectivity index is 2.10. The van der Waals surface area contributed by atoms with Crippen LogP contribution < -0.4 is 0 Å². The molecule has 18 heavy (non-hydrogen) atoms. The lowest BCUT2D eigenvalue weighted by Crippen LogP contribution is -1.98. The number of rotatable bonds is 2. The van der Waals surface area contributed by atoms with E-state index in [4.69, 9.17) is 12.2 Å². The topological polar surface area (TPSA) is 0 Å². The van der Waals surface area contributed by atoms with Gasteiger partial charge in [-0.2, -0.15) is 0 Å². The van der Waals surface area contributed by atoms with E-state index in [1.54, 1.807) is 0 Å². The lowest BCUT2D eigenvalue weighted by molar-refractivity contribution is 1.66. The van der Waals surface area contributed by atoms with Crippen LogP contribution in [0.25, 0.3) is 11.1 Å². The van der Waals surface area contributed by atoms with Gasteiger partial charge < -0.3 is 0 Å². The maximum absolute atomic E-state index is 5.60. The Hall–Kier alpha value is -1.99. The second-order valence-corrected chi connectivity index (χ2v) is 4.63. The second-order valence-electron chi connectivity index (χ2n) is 4.22. The molecular formula is C17H12S. The van der Waals surface area contributed by atoms with E-state index >= 15 is 0 Å². The van der Waals surface area contributed by atoms with Crippen molar-refractivity contribution in [3.05, 3.63) is 83.9 Å². The molecule has 0 aliphatic heterocycles. The van der Waals surface area contributed by atoms with Crippen molar-refractivity contribution in [3.63, 3.8) is 0 Å². The zero-order chi connectivity index (χ0) is 12.4. The molecular weight excluding hydrogens is 236 g/mol. The molecule has 1 heteroatoms. The summed E-state index contributed by atoms with van der Waals surface area (Å²) in [4.78, 5) is 0.914. The molecule has 3 rings (SSSR count). The third-order valence-corrected chi connectivity index (χ3v) is 3.53. The summed E-state index contributed by atoms with van der Waals surface area (Å²) in [7, 11) is 0. The van der Waals surface area contributed by atoms with Crippen LogP contribution in [-0.2, 0) is 0 Å². The summed E-state index contributed by atoms with van der Waals surface area (Å²) < 4.78 is 0. The van der Waals surface area contributed by atoms with Crippen molar-refractivity contribution < 1.29 is 0 Å². The van der Waals surface area contributed by atoms with Crippen molar-refractivity contribution >= 4 is 17.1 Å². The van der Waals surface area contributed by atoms with Crippen LogP contribution in [0.2, 0.25) is 0 Å². The summed E-state index contributed by atoms with van der Waals surface area (Å²) in [5.41, 5.74) is 4.69. The molecule has 0 heterocycles. The Labute approximate surface area is 112 Å². The van der Waals surface area contributed by atoms with Gasteiger partial charge in [0.2, 0.25) is 0 Å². The standard InChI is InChI=1S/C17H12S/c18-17(14-8-4-1-5-9-14)16-12-11-13-7-3-2-6-10-15(13)16/h1-12H. The van der Waals surface area contributed by atoms with Crippen LogP contribution in [0.5, 0.6) is 0 Å². The van der Waals surface area contributed by atoms with Crippen LogP contribution >= 0.6 is 12.2 Å². The number of thiocarbonyl (C=S) groups is 1. The molecule has 0 atom stereocenters. The highest BCUT2D eigenvalue weighted by Gasteiger charge is 2.12. The smallest absolute Gasteiger partial charge is 0.0528 e. The van der Waals surface area contributed by atoms with Crippen molar-refractivity contribution in [2.45, 2.75) is 0 Å². The molecule has 0 N–H and O–H groups in total. The first kappa shape index (κ1) is 11.1. The minimum absolute atomic E-state index is 0.914. The summed E-state index contributed by atoms with van der Waals surface area (Å²) in [6.45, 7) is 0. The average molecular weight is 248 g/mol. The lowest BCUT2D eigenvalue weighted by atomic mass is 10.0. The lowest BCUT2D eigenvalue weighted by Gasteiger charge is -2.04. The molecule has 0 saturated heterocycles. The van der Waals surface area contributed by atoms with E-state index < -0.39 is 0 Å². The fraction of sp³-hybridized carbons (Fsp3) is 0. The molecule has 2 aliphatic rings. The molecule has 0 radical (unpaired) electrons. The van der Waals surface area contributed by atoms with E-state index in [0.29, 0.717) is 0 Å². The van der Waals surface area contributed by atoms with Crippen LogP contribution in [0, 0.1) is 0 Å². The zero-order valence-corrected chi connectivity index (χ0v) is 10.7. The second kappa shape index (κ2) is 4.71. The summed E-state index contributed by atoms with van der Waals surface area (Å²) in [6.07, 6.45) is 0. The summed E-state index contributed by atoms with van der Waals surface area (Å²) in [5.74, 6) is 0. The quantitative estimate of drug-likeness (QED) is 0.473. The van der Waals surface area contributed by atoms with Gasteiger partial charge in [0.25, 0.3) is 0 Å². The van der Waals surface area contributed by atoms with E-state index in [1.807, 2.05) is 24.3 Å². The molecule has 0 amide bonds. The highest BCUT2D eigenvalue weighted by molar-refractivity contribution is 7.81. The Bertz CT molecular complexity index is 656. The molecule has 0 unspecified atom stereocenters. The van der Waals surface area contributed by atoms with Crippen LogP contribution in [-0.4, -0.2) is 4.86 Å². The van der Waals surface area contributed by atoms with E-state index in [-0.39, 0.29) is 0 Å². The van der Waals surface area contributed by atoms with Crippen LogP contribution in [0.1, 0.15) is 11.1 Å². The molecule has 0 saturated carbocycles. The first-order chi connectivity index (χ1) is 8.86. The van der Waals surface area contributed by atoms with E-state index in [0.717, 1.165) is 16.0 Å². The molecule has 1 aromatic rings. The fourth-order valence-corrected chi connectivity index (χ4v) is 2.47. The van der Waals surface area contributed by atoms with Gasteiger partial charge >= 0.3 is 0 Å². The van der Waals surface area contributed by atoms with Gasteiger partial charge in [0, 0.05) is 5.56 Å². The summed E-state index contributed by atoms with van der Waals surface area (Å²) in [5, 5.41) is 0. The van der Waals surface area contributed by atoms with Gasteiger partial charge in [-0.05, 0) is 16.7 Å². The van der Waals surface area contributed by atoms with Gasteiger partial charge in [-0.25, -0.2) is 0 Å². The summed E-state index contributed by atoms with van der Waals surface area (Å²) in [6, 6.07) is 24.8. The van der Waals surface area contributed by atoms with Crippen molar-refractivity contribution in [1.29, 1.82) is 0 Å². The number of hydrogen-bond acceptors (Lipinski definition) is 1. The van der Waals surface area contributed by atoms with Crippen LogP contribution in [0.4, 0.5) is 0 Å². The molecule has 0 spiro atoms. The Morgan fingerprint density at radius 1 is 0.667 bits per heavy atom. The van der Waals surface area contributed by atoms with Gasteiger partial charge in [0.1, 0.15) is 0 Å². The fourth-order valence-electron chi connectivity index (χ4n) is 2.16. The van der Waals surface area contributed by atoms with Crippen molar-refractivity contribution in [3.8, 4) is 11.1 Å². The van der Waals surface area contributed by atoms with Gasteiger partial charge in [0.05, 0.1) is 4.86 Å². The largest absolute Gasteiger partial charge is 0.0788 e. The maximum atomic E-state index is 5.60. The third-order valence-electron chi connectivity index (χ3n) is 3.07. The molecule has 2 aliphatic carbocycles. The normalized spacial score (nSPS) is 10.4. The Kier molecular flexibility index (Phi) is 2.91. The van der Waals surface area contributed by atoms with E-state index in [2.05, 4.69) is 48.5 Å². The van der Waals surface area contributed by atoms with Crippen LogP contribution in [0.15, 0.2) is 72.8 Å². The van der Waals surface area contributed by atoms with Gasteiger partial charge in [-0.3, -0.25) is 0 Å².